The molecule has 2 bridgehead atoms. The van der Waals surface area contributed by atoms with E-state index in [2.05, 4.69) is 73.6 Å². The molecule has 2 atom stereocenters. The third-order valence-corrected chi connectivity index (χ3v) is 7.31. The van der Waals surface area contributed by atoms with Crippen LogP contribution in [0.15, 0.2) is 23.0 Å². The van der Waals surface area contributed by atoms with Gasteiger partial charge in [-0.05, 0) is 71.4 Å². The Labute approximate surface area is 144 Å². The number of nitrogens with one attached hydrogen (secondary N) is 1. The van der Waals surface area contributed by atoms with Crippen molar-refractivity contribution in [2.45, 2.75) is 51.9 Å². The number of hydrogen-bond donors (Lipinski definition) is 1. The van der Waals surface area contributed by atoms with E-state index in [4.69, 9.17) is 0 Å². The first-order valence-corrected chi connectivity index (χ1v) is 8.97. The summed E-state index contributed by atoms with van der Waals surface area (Å²) in [5, 5.41) is 3.47. The lowest BCUT2D eigenvalue weighted by Crippen LogP contribution is -2.33. The molecular weight excluding hydrogens is 387 g/mol. The van der Waals surface area contributed by atoms with E-state index in [0.717, 1.165) is 21.2 Å². The molecule has 1 aromatic heterocycles. The number of hydrogen-bond acceptors (Lipinski definition) is 1. The first-order valence-electron chi connectivity index (χ1n) is 7.89. The lowest BCUT2D eigenvalue weighted by molar-refractivity contribution is 0.224. The fraction of sp³-hybridized carbons (Fsp3) is 0.500. The molecule has 0 amide bonds. The monoisotopic (exact) mass is 408 g/mol. The van der Waals surface area contributed by atoms with E-state index in [1.165, 1.54) is 17.7 Å². The molecule has 0 radical (unpaired) electrons. The predicted octanol–water partition coefficient (Wildman–Crippen LogP) is 4.25. The van der Waals surface area contributed by atoms with Crippen LogP contribution in [0.4, 0.5) is 0 Å². The van der Waals surface area contributed by atoms with Crippen molar-refractivity contribution in [1.29, 1.82) is 0 Å². The highest BCUT2D eigenvalue weighted by atomic mass is 127. The number of aromatic amines is 1. The van der Waals surface area contributed by atoms with Gasteiger partial charge in [0.1, 0.15) is 0 Å². The van der Waals surface area contributed by atoms with Crippen LogP contribution in [0.5, 0.6) is 0 Å². The summed E-state index contributed by atoms with van der Waals surface area (Å²) in [6.07, 6.45) is 2.30. The molecule has 0 unspecified atom stereocenters. The SMILES string of the molecule is Cc1ccc(I)c(-n2[nH]c3c(c2=O)[C@H]2CC[C@]3(C)C2(C)C)c1. The molecule has 2 aromatic rings. The van der Waals surface area contributed by atoms with Gasteiger partial charge in [0.2, 0.25) is 0 Å². The van der Waals surface area contributed by atoms with Gasteiger partial charge in [-0.2, -0.15) is 0 Å². The van der Waals surface area contributed by atoms with Crippen LogP contribution in [0.1, 0.15) is 56.4 Å². The average molecular weight is 408 g/mol. The number of aryl methyl sites for hydroxylation is 1. The smallest absolute Gasteiger partial charge is 0.275 e. The number of fused-ring (bicyclic) bond motifs is 5. The quantitative estimate of drug-likeness (QED) is 0.704. The van der Waals surface area contributed by atoms with E-state index >= 15 is 0 Å². The van der Waals surface area contributed by atoms with E-state index in [1.807, 2.05) is 0 Å². The average Bonchev–Trinajstić information content (AvgIpc) is 2.96. The summed E-state index contributed by atoms with van der Waals surface area (Å²) in [6, 6.07) is 6.25. The molecule has 116 valence electrons. The molecule has 1 heterocycles. The molecule has 1 aromatic carbocycles. The third-order valence-electron chi connectivity index (χ3n) is 6.40. The summed E-state index contributed by atoms with van der Waals surface area (Å²) in [5.41, 5.74) is 4.78. The van der Waals surface area contributed by atoms with Gasteiger partial charge in [0.25, 0.3) is 5.56 Å². The van der Waals surface area contributed by atoms with Gasteiger partial charge in [-0.15, -0.1) is 0 Å². The van der Waals surface area contributed by atoms with Crippen LogP contribution < -0.4 is 5.56 Å². The highest BCUT2D eigenvalue weighted by molar-refractivity contribution is 14.1. The van der Waals surface area contributed by atoms with Gasteiger partial charge in [0.05, 0.1) is 5.69 Å². The molecule has 0 spiro atoms. The Hall–Kier alpha value is -1.04. The van der Waals surface area contributed by atoms with Gasteiger partial charge in [-0.1, -0.05) is 26.8 Å². The molecule has 0 saturated heterocycles. The summed E-state index contributed by atoms with van der Waals surface area (Å²) in [5.74, 6) is 0.389. The van der Waals surface area contributed by atoms with E-state index in [9.17, 15) is 4.79 Å². The highest BCUT2D eigenvalue weighted by Gasteiger charge is 2.61. The second-order valence-corrected chi connectivity index (χ2v) is 8.80. The molecule has 3 nitrogen and oxygen atoms in total. The molecule has 1 saturated carbocycles. The van der Waals surface area contributed by atoms with Crippen molar-refractivity contribution < 1.29 is 0 Å². The fourth-order valence-corrected chi connectivity index (χ4v) is 5.19. The predicted molar refractivity (Wildman–Crippen MR) is 97.0 cm³/mol. The van der Waals surface area contributed by atoms with Crippen molar-refractivity contribution in [2.75, 3.05) is 0 Å². The lowest BCUT2D eigenvalue weighted by atomic mass is 9.70. The minimum atomic E-state index is 0.0900. The second kappa shape index (κ2) is 4.28. The third kappa shape index (κ3) is 1.54. The number of rotatable bonds is 1. The van der Waals surface area contributed by atoms with Crippen molar-refractivity contribution in [3.8, 4) is 5.69 Å². The zero-order valence-corrected chi connectivity index (χ0v) is 15.6. The summed E-state index contributed by atoms with van der Waals surface area (Å²) >= 11 is 2.31. The van der Waals surface area contributed by atoms with Crippen LogP contribution >= 0.6 is 22.6 Å². The standard InChI is InChI=1S/C18H21IN2O/c1-10-5-6-12(19)13(9-10)21-16(22)14-11-7-8-18(4,15(14)20-21)17(11,2)3/h5-6,9,11,20H,7-8H2,1-4H3/t11-,18+/m1/s1. The lowest BCUT2D eigenvalue weighted by Gasteiger charge is -2.34. The molecule has 2 aliphatic rings. The van der Waals surface area contributed by atoms with Crippen molar-refractivity contribution in [1.82, 2.24) is 9.78 Å². The molecule has 1 N–H and O–H groups in total. The van der Waals surface area contributed by atoms with E-state index in [-0.39, 0.29) is 16.4 Å². The Morgan fingerprint density at radius 1 is 1.32 bits per heavy atom. The number of aromatic nitrogens is 2. The molecule has 4 rings (SSSR count). The van der Waals surface area contributed by atoms with Crippen molar-refractivity contribution in [3.05, 3.63) is 48.9 Å². The largest absolute Gasteiger partial charge is 0.294 e. The number of H-pyrrole nitrogens is 1. The van der Waals surface area contributed by atoms with E-state index < -0.39 is 0 Å². The van der Waals surface area contributed by atoms with Crippen LogP contribution in [-0.4, -0.2) is 9.78 Å². The number of benzene rings is 1. The molecule has 1 fully saturated rings. The Morgan fingerprint density at radius 3 is 2.73 bits per heavy atom. The maximum atomic E-state index is 13.1. The van der Waals surface area contributed by atoms with Crippen molar-refractivity contribution in [2.24, 2.45) is 5.41 Å². The van der Waals surface area contributed by atoms with Crippen LogP contribution in [0.3, 0.4) is 0 Å². The molecule has 22 heavy (non-hydrogen) atoms. The maximum Gasteiger partial charge on any atom is 0.275 e. The summed E-state index contributed by atoms with van der Waals surface area (Å²) in [6.45, 7) is 9.02. The molecule has 2 aliphatic carbocycles. The van der Waals surface area contributed by atoms with Crippen LogP contribution in [0, 0.1) is 15.9 Å². The number of nitrogens with zero attached hydrogens (tertiary/aromatic N) is 1. The summed E-state index contributed by atoms with van der Waals surface area (Å²) < 4.78 is 2.87. The first-order chi connectivity index (χ1) is 10.3. The van der Waals surface area contributed by atoms with Gasteiger partial charge in [0.15, 0.2) is 0 Å². The Morgan fingerprint density at radius 2 is 2.05 bits per heavy atom. The first kappa shape index (κ1) is 14.5. The Balaban J connectivity index is 1.98. The second-order valence-electron chi connectivity index (χ2n) is 7.64. The minimum absolute atomic E-state index is 0.0900. The molecular formula is C18H21IN2O. The minimum Gasteiger partial charge on any atom is -0.294 e. The zero-order valence-electron chi connectivity index (χ0n) is 13.5. The van der Waals surface area contributed by atoms with E-state index in [1.54, 1.807) is 4.68 Å². The topological polar surface area (TPSA) is 37.8 Å². The van der Waals surface area contributed by atoms with Gasteiger partial charge in [-0.25, -0.2) is 4.68 Å². The summed E-state index contributed by atoms with van der Waals surface area (Å²) in [7, 11) is 0. The normalized spacial score (nSPS) is 28.1. The highest BCUT2D eigenvalue weighted by Crippen LogP contribution is 2.66. The van der Waals surface area contributed by atoms with Crippen molar-refractivity contribution >= 4 is 22.6 Å². The van der Waals surface area contributed by atoms with Gasteiger partial charge in [-0.3, -0.25) is 9.89 Å². The van der Waals surface area contributed by atoms with Crippen LogP contribution in [0.25, 0.3) is 5.69 Å². The van der Waals surface area contributed by atoms with E-state index in [0.29, 0.717) is 5.92 Å². The maximum absolute atomic E-state index is 13.1. The Kier molecular flexibility index (Phi) is 2.83. The fourth-order valence-electron chi connectivity index (χ4n) is 4.61. The van der Waals surface area contributed by atoms with Gasteiger partial charge < -0.3 is 0 Å². The van der Waals surface area contributed by atoms with Crippen LogP contribution in [-0.2, 0) is 5.41 Å². The van der Waals surface area contributed by atoms with Gasteiger partial charge >= 0.3 is 0 Å². The molecule has 0 aliphatic heterocycles. The van der Waals surface area contributed by atoms with Crippen LogP contribution in [0.2, 0.25) is 0 Å². The number of halogens is 1. The zero-order chi connectivity index (χ0) is 15.9. The van der Waals surface area contributed by atoms with Crippen molar-refractivity contribution in [3.63, 3.8) is 0 Å². The summed E-state index contributed by atoms with van der Waals surface area (Å²) in [4.78, 5) is 13.1. The molecule has 4 heteroatoms. The van der Waals surface area contributed by atoms with Gasteiger partial charge in [0, 0.05) is 20.2 Å². The Bertz CT molecular complexity index is 845.